The zero-order valence-electron chi connectivity index (χ0n) is 6.03. The largest absolute Gasteiger partial charge is 0.326 e. The molecule has 0 aliphatic rings. The van der Waals surface area contributed by atoms with Crippen molar-refractivity contribution in [1.29, 1.82) is 0 Å². The summed E-state index contributed by atoms with van der Waals surface area (Å²) in [6.45, 7) is 0.114. The summed E-state index contributed by atoms with van der Waals surface area (Å²) >= 11 is 3.03. The predicted octanol–water partition coefficient (Wildman–Crippen LogP) is 1.21. The third-order valence-electron chi connectivity index (χ3n) is 1.35. The molecule has 0 aromatic carbocycles. The van der Waals surface area contributed by atoms with E-state index in [-0.39, 0.29) is 12.2 Å². The molecule has 1 rings (SSSR count). The smallest absolute Gasteiger partial charge is 0.291 e. The van der Waals surface area contributed by atoms with Crippen molar-refractivity contribution in [1.82, 2.24) is 4.98 Å². The Morgan fingerprint density at radius 2 is 2.33 bits per heavy atom. The first-order valence-electron chi connectivity index (χ1n) is 3.13. The lowest BCUT2D eigenvalue weighted by Crippen LogP contribution is -2.03. The Kier molecular flexibility index (Phi) is 2.72. The Bertz CT molecular complexity index is 316. The standard InChI is InChI=1S/C6H6BrN3O2/c7-5-3-9-2-4(1-8)6(5)10(11)12/h2-3H,1,8H2. The van der Waals surface area contributed by atoms with Gasteiger partial charge >= 0.3 is 0 Å². The Labute approximate surface area is 76.9 Å². The lowest BCUT2D eigenvalue weighted by atomic mass is 10.2. The van der Waals surface area contributed by atoms with Gasteiger partial charge in [0, 0.05) is 18.9 Å². The summed E-state index contributed by atoms with van der Waals surface area (Å²) in [4.78, 5) is 13.8. The number of hydrogen-bond donors (Lipinski definition) is 1. The molecule has 0 unspecified atom stereocenters. The van der Waals surface area contributed by atoms with E-state index in [1.807, 2.05) is 0 Å². The van der Waals surface area contributed by atoms with E-state index in [4.69, 9.17) is 5.73 Å². The predicted molar refractivity (Wildman–Crippen MR) is 46.5 cm³/mol. The van der Waals surface area contributed by atoms with Crippen LogP contribution in [0.2, 0.25) is 0 Å². The van der Waals surface area contributed by atoms with Gasteiger partial charge in [0.2, 0.25) is 0 Å². The molecule has 0 saturated heterocycles. The number of rotatable bonds is 2. The Morgan fingerprint density at radius 1 is 1.67 bits per heavy atom. The molecule has 0 aliphatic heterocycles. The van der Waals surface area contributed by atoms with Gasteiger partial charge in [0.1, 0.15) is 4.47 Å². The molecule has 0 fully saturated rings. The van der Waals surface area contributed by atoms with E-state index in [1.165, 1.54) is 12.4 Å². The summed E-state index contributed by atoms with van der Waals surface area (Å²) < 4.78 is 0.357. The van der Waals surface area contributed by atoms with Crippen molar-refractivity contribution < 1.29 is 4.92 Å². The van der Waals surface area contributed by atoms with E-state index >= 15 is 0 Å². The molecule has 0 atom stereocenters. The molecule has 0 spiro atoms. The van der Waals surface area contributed by atoms with Crippen LogP contribution in [0.5, 0.6) is 0 Å². The second kappa shape index (κ2) is 3.59. The van der Waals surface area contributed by atoms with E-state index in [0.717, 1.165) is 0 Å². The van der Waals surface area contributed by atoms with Crippen LogP contribution in [-0.4, -0.2) is 9.91 Å². The lowest BCUT2D eigenvalue weighted by Gasteiger charge is -1.99. The van der Waals surface area contributed by atoms with Crippen molar-refractivity contribution >= 4 is 21.6 Å². The number of hydrogen-bond acceptors (Lipinski definition) is 4. The van der Waals surface area contributed by atoms with Crippen molar-refractivity contribution in [2.24, 2.45) is 5.73 Å². The molecule has 0 amide bonds. The van der Waals surface area contributed by atoms with Gasteiger partial charge in [-0.2, -0.15) is 0 Å². The minimum Gasteiger partial charge on any atom is -0.326 e. The normalized spacial score (nSPS) is 9.83. The minimum atomic E-state index is -0.478. The zero-order valence-corrected chi connectivity index (χ0v) is 7.61. The second-order valence-electron chi connectivity index (χ2n) is 2.09. The summed E-state index contributed by atoms with van der Waals surface area (Å²) in [5.74, 6) is 0. The highest BCUT2D eigenvalue weighted by Crippen LogP contribution is 2.26. The number of pyridine rings is 1. The van der Waals surface area contributed by atoms with Crippen LogP contribution >= 0.6 is 15.9 Å². The van der Waals surface area contributed by atoms with Gasteiger partial charge in [-0.3, -0.25) is 15.1 Å². The SMILES string of the molecule is NCc1cncc(Br)c1[N+](=O)[O-]. The van der Waals surface area contributed by atoms with Crippen LogP contribution in [0.1, 0.15) is 5.56 Å². The van der Waals surface area contributed by atoms with Crippen LogP contribution < -0.4 is 5.73 Å². The monoisotopic (exact) mass is 231 g/mol. The van der Waals surface area contributed by atoms with E-state index in [0.29, 0.717) is 10.0 Å². The highest BCUT2D eigenvalue weighted by atomic mass is 79.9. The fourth-order valence-electron chi connectivity index (χ4n) is 0.822. The van der Waals surface area contributed by atoms with Gasteiger partial charge in [-0.05, 0) is 15.9 Å². The zero-order chi connectivity index (χ0) is 9.14. The van der Waals surface area contributed by atoms with Crippen LogP contribution in [0.4, 0.5) is 5.69 Å². The molecular weight excluding hydrogens is 226 g/mol. The molecule has 1 aromatic heterocycles. The number of aromatic nitrogens is 1. The van der Waals surface area contributed by atoms with Crippen LogP contribution in [0.25, 0.3) is 0 Å². The van der Waals surface area contributed by atoms with Crippen LogP contribution in [0.3, 0.4) is 0 Å². The summed E-state index contributed by atoms with van der Waals surface area (Å²) in [5.41, 5.74) is 5.71. The van der Waals surface area contributed by atoms with Gasteiger partial charge in [0.05, 0.1) is 10.5 Å². The van der Waals surface area contributed by atoms with Crippen molar-refractivity contribution in [3.05, 3.63) is 32.5 Å². The van der Waals surface area contributed by atoms with Crippen molar-refractivity contribution in [3.63, 3.8) is 0 Å². The average Bonchev–Trinajstić information content (AvgIpc) is 2.03. The van der Waals surface area contributed by atoms with E-state index in [2.05, 4.69) is 20.9 Å². The van der Waals surface area contributed by atoms with Crippen molar-refractivity contribution in [2.75, 3.05) is 0 Å². The first-order chi connectivity index (χ1) is 5.66. The van der Waals surface area contributed by atoms with Gasteiger partial charge in [-0.15, -0.1) is 0 Å². The molecule has 12 heavy (non-hydrogen) atoms. The summed E-state index contributed by atoms with van der Waals surface area (Å²) in [7, 11) is 0. The number of nitrogens with two attached hydrogens (primary N) is 1. The molecule has 1 aromatic rings. The van der Waals surface area contributed by atoms with Gasteiger partial charge < -0.3 is 5.73 Å². The Balaban J connectivity index is 3.29. The molecule has 2 N–H and O–H groups in total. The molecule has 0 bridgehead atoms. The first-order valence-corrected chi connectivity index (χ1v) is 3.93. The quantitative estimate of drug-likeness (QED) is 0.613. The van der Waals surface area contributed by atoms with Gasteiger partial charge in [0.15, 0.2) is 0 Å². The number of halogens is 1. The average molecular weight is 232 g/mol. The maximum absolute atomic E-state index is 10.5. The van der Waals surface area contributed by atoms with Crippen molar-refractivity contribution in [3.8, 4) is 0 Å². The second-order valence-corrected chi connectivity index (χ2v) is 2.94. The third kappa shape index (κ3) is 1.59. The first kappa shape index (κ1) is 9.08. The minimum absolute atomic E-state index is 0.00694. The third-order valence-corrected chi connectivity index (χ3v) is 1.93. The fraction of sp³-hybridized carbons (Fsp3) is 0.167. The van der Waals surface area contributed by atoms with Gasteiger partial charge in [-0.25, -0.2) is 0 Å². The molecule has 1 heterocycles. The molecule has 6 heteroatoms. The molecule has 5 nitrogen and oxygen atoms in total. The van der Waals surface area contributed by atoms with E-state index in [1.54, 1.807) is 0 Å². The van der Waals surface area contributed by atoms with Crippen LogP contribution in [-0.2, 0) is 6.54 Å². The fourth-order valence-corrected chi connectivity index (χ4v) is 1.34. The van der Waals surface area contributed by atoms with Gasteiger partial charge in [0.25, 0.3) is 5.69 Å². The molecule has 0 saturated carbocycles. The Morgan fingerprint density at radius 3 is 2.75 bits per heavy atom. The lowest BCUT2D eigenvalue weighted by molar-refractivity contribution is -0.386. The topological polar surface area (TPSA) is 82.0 Å². The maximum atomic E-state index is 10.5. The Hall–Kier alpha value is -1.01. The molecule has 64 valence electrons. The summed E-state index contributed by atoms with van der Waals surface area (Å²) in [5, 5.41) is 10.5. The number of nitrogens with zero attached hydrogens (tertiary/aromatic N) is 2. The van der Waals surface area contributed by atoms with E-state index < -0.39 is 4.92 Å². The van der Waals surface area contributed by atoms with Crippen molar-refractivity contribution in [2.45, 2.75) is 6.54 Å². The molecule has 0 radical (unpaired) electrons. The van der Waals surface area contributed by atoms with Gasteiger partial charge in [-0.1, -0.05) is 0 Å². The van der Waals surface area contributed by atoms with Crippen LogP contribution in [0.15, 0.2) is 16.9 Å². The molecule has 0 aliphatic carbocycles. The highest BCUT2D eigenvalue weighted by Gasteiger charge is 2.16. The maximum Gasteiger partial charge on any atom is 0.291 e. The highest BCUT2D eigenvalue weighted by molar-refractivity contribution is 9.10. The molecular formula is C6H6BrN3O2. The summed E-state index contributed by atoms with van der Waals surface area (Å²) in [6.07, 6.45) is 2.76. The summed E-state index contributed by atoms with van der Waals surface area (Å²) in [6, 6.07) is 0. The van der Waals surface area contributed by atoms with E-state index in [9.17, 15) is 10.1 Å². The number of nitro groups is 1. The van der Waals surface area contributed by atoms with Crippen LogP contribution in [0, 0.1) is 10.1 Å².